The number of carbonyl (C=O) groups excluding carboxylic acids is 2. The SMILES string of the molecule is C=CC(=O)OCCCCOC(=O)Oc1ccc(O)cc1. The Labute approximate surface area is 116 Å². The molecule has 6 nitrogen and oxygen atoms in total. The summed E-state index contributed by atoms with van der Waals surface area (Å²) in [5.74, 6) is -0.106. The van der Waals surface area contributed by atoms with E-state index in [-0.39, 0.29) is 24.7 Å². The van der Waals surface area contributed by atoms with E-state index in [4.69, 9.17) is 19.3 Å². The summed E-state index contributed by atoms with van der Waals surface area (Å²) in [6.45, 7) is 3.69. The normalized spacial score (nSPS) is 9.60. The number of unbranched alkanes of at least 4 members (excludes halogenated alkanes) is 1. The second-order valence-electron chi connectivity index (χ2n) is 3.77. The first kappa shape index (κ1) is 15.6. The Morgan fingerprint density at radius 3 is 2.30 bits per heavy atom. The Morgan fingerprint density at radius 2 is 1.70 bits per heavy atom. The van der Waals surface area contributed by atoms with Crippen molar-refractivity contribution in [3.63, 3.8) is 0 Å². The fraction of sp³-hybridized carbons (Fsp3) is 0.286. The molecule has 0 unspecified atom stereocenters. The Balaban J connectivity index is 2.10. The zero-order chi connectivity index (χ0) is 14.8. The highest BCUT2D eigenvalue weighted by atomic mass is 16.7. The molecular weight excluding hydrogens is 264 g/mol. The molecule has 108 valence electrons. The minimum atomic E-state index is -0.821. The van der Waals surface area contributed by atoms with Gasteiger partial charge in [0.25, 0.3) is 0 Å². The van der Waals surface area contributed by atoms with Gasteiger partial charge in [0.15, 0.2) is 0 Å². The lowest BCUT2D eigenvalue weighted by molar-refractivity contribution is -0.137. The van der Waals surface area contributed by atoms with Crippen molar-refractivity contribution < 1.29 is 28.9 Å². The monoisotopic (exact) mass is 280 g/mol. The number of hydrogen-bond acceptors (Lipinski definition) is 6. The zero-order valence-corrected chi connectivity index (χ0v) is 10.9. The highest BCUT2D eigenvalue weighted by Gasteiger charge is 2.05. The molecule has 20 heavy (non-hydrogen) atoms. The van der Waals surface area contributed by atoms with Crippen molar-refractivity contribution in [3.05, 3.63) is 36.9 Å². The van der Waals surface area contributed by atoms with Crippen LogP contribution in [0.1, 0.15) is 12.8 Å². The number of benzene rings is 1. The summed E-state index contributed by atoms with van der Waals surface area (Å²) < 4.78 is 14.4. The van der Waals surface area contributed by atoms with Crippen molar-refractivity contribution in [2.45, 2.75) is 12.8 Å². The Morgan fingerprint density at radius 1 is 1.10 bits per heavy atom. The lowest BCUT2D eigenvalue weighted by atomic mass is 10.3. The van der Waals surface area contributed by atoms with Crippen LogP contribution < -0.4 is 4.74 Å². The summed E-state index contributed by atoms with van der Waals surface area (Å²) in [5, 5.41) is 9.06. The van der Waals surface area contributed by atoms with Crippen molar-refractivity contribution in [1.29, 1.82) is 0 Å². The van der Waals surface area contributed by atoms with E-state index >= 15 is 0 Å². The molecule has 0 spiro atoms. The molecule has 0 heterocycles. The highest BCUT2D eigenvalue weighted by Crippen LogP contribution is 2.16. The number of hydrogen-bond donors (Lipinski definition) is 1. The molecule has 0 bridgehead atoms. The van der Waals surface area contributed by atoms with Gasteiger partial charge in [0.05, 0.1) is 13.2 Å². The van der Waals surface area contributed by atoms with E-state index in [1.807, 2.05) is 0 Å². The summed E-state index contributed by atoms with van der Waals surface area (Å²) in [6.07, 6.45) is 1.39. The minimum absolute atomic E-state index is 0.0831. The third kappa shape index (κ3) is 6.44. The number of ether oxygens (including phenoxy) is 3. The lowest BCUT2D eigenvalue weighted by Gasteiger charge is -2.06. The molecule has 1 aromatic carbocycles. The number of carbonyl (C=O) groups is 2. The fourth-order valence-electron chi connectivity index (χ4n) is 1.23. The third-order valence-electron chi connectivity index (χ3n) is 2.21. The summed E-state index contributed by atoms with van der Waals surface area (Å²) >= 11 is 0. The van der Waals surface area contributed by atoms with Gasteiger partial charge in [0.1, 0.15) is 11.5 Å². The maximum absolute atomic E-state index is 11.3. The second kappa shape index (κ2) is 8.58. The van der Waals surface area contributed by atoms with Gasteiger partial charge in [-0.15, -0.1) is 0 Å². The first-order valence-electron chi connectivity index (χ1n) is 6.04. The van der Waals surface area contributed by atoms with Crippen LogP contribution >= 0.6 is 0 Å². The van der Waals surface area contributed by atoms with Gasteiger partial charge in [-0.05, 0) is 37.1 Å². The molecule has 0 fully saturated rings. The van der Waals surface area contributed by atoms with Gasteiger partial charge in [0, 0.05) is 6.08 Å². The van der Waals surface area contributed by atoms with Crippen LogP contribution in [-0.2, 0) is 14.3 Å². The molecule has 0 aliphatic carbocycles. The molecular formula is C14H16O6. The van der Waals surface area contributed by atoms with Crippen LogP contribution in [0.2, 0.25) is 0 Å². The Kier molecular flexibility index (Phi) is 6.67. The van der Waals surface area contributed by atoms with E-state index in [0.717, 1.165) is 6.08 Å². The van der Waals surface area contributed by atoms with Gasteiger partial charge in [0.2, 0.25) is 0 Å². The van der Waals surface area contributed by atoms with Gasteiger partial charge in [-0.25, -0.2) is 9.59 Å². The number of aromatic hydroxyl groups is 1. The molecule has 0 aliphatic heterocycles. The van der Waals surface area contributed by atoms with E-state index in [1.165, 1.54) is 24.3 Å². The van der Waals surface area contributed by atoms with Gasteiger partial charge in [-0.1, -0.05) is 6.58 Å². The summed E-state index contributed by atoms with van der Waals surface area (Å²) in [5.41, 5.74) is 0. The van der Waals surface area contributed by atoms with Crippen molar-refractivity contribution in [2.24, 2.45) is 0 Å². The van der Waals surface area contributed by atoms with E-state index < -0.39 is 12.1 Å². The summed E-state index contributed by atoms with van der Waals surface area (Å²) in [6, 6.07) is 5.70. The van der Waals surface area contributed by atoms with Crippen molar-refractivity contribution in [2.75, 3.05) is 13.2 Å². The maximum Gasteiger partial charge on any atom is 0.513 e. The molecule has 0 saturated carbocycles. The first-order valence-corrected chi connectivity index (χ1v) is 6.04. The van der Waals surface area contributed by atoms with Crippen molar-refractivity contribution in [3.8, 4) is 11.5 Å². The highest BCUT2D eigenvalue weighted by molar-refractivity contribution is 5.81. The molecule has 6 heteroatoms. The third-order valence-corrected chi connectivity index (χ3v) is 2.21. The predicted octanol–water partition coefficient (Wildman–Crippen LogP) is 2.42. The number of esters is 1. The smallest absolute Gasteiger partial charge is 0.508 e. The van der Waals surface area contributed by atoms with Crippen LogP contribution in [0.3, 0.4) is 0 Å². The van der Waals surface area contributed by atoms with Crippen molar-refractivity contribution in [1.82, 2.24) is 0 Å². The fourth-order valence-corrected chi connectivity index (χ4v) is 1.23. The Hall–Kier alpha value is -2.50. The quantitative estimate of drug-likeness (QED) is 0.357. The maximum atomic E-state index is 11.3. The van der Waals surface area contributed by atoms with Gasteiger partial charge >= 0.3 is 12.1 Å². The number of rotatable bonds is 7. The first-order chi connectivity index (χ1) is 9.61. The zero-order valence-electron chi connectivity index (χ0n) is 10.9. The van der Waals surface area contributed by atoms with Crippen LogP contribution in [0.25, 0.3) is 0 Å². The van der Waals surface area contributed by atoms with Gasteiger partial charge in [-0.3, -0.25) is 0 Å². The largest absolute Gasteiger partial charge is 0.513 e. The summed E-state index contributed by atoms with van der Waals surface area (Å²) in [4.78, 5) is 22.0. The van der Waals surface area contributed by atoms with E-state index in [2.05, 4.69) is 6.58 Å². The molecule has 0 saturated heterocycles. The second-order valence-corrected chi connectivity index (χ2v) is 3.77. The number of phenolic OH excluding ortho intramolecular Hbond substituents is 1. The molecule has 1 N–H and O–H groups in total. The average molecular weight is 280 g/mol. The summed E-state index contributed by atoms with van der Waals surface area (Å²) in [7, 11) is 0. The predicted molar refractivity (Wildman–Crippen MR) is 70.5 cm³/mol. The molecule has 1 rings (SSSR count). The van der Waals surface area contributed by atoms with Crippen LogP contribution in [-0.4, -0.2) is 30.4 Å². The Bertz CT molecular complexity index is 451. The van der Waals surface area contributed by atoms with Gasteiger partial charge < -0.3 is 19.3 Å². The minimum Gasteiger partial charge on any atom is -0.508 e. The molecule has 0 aliphatic rings. The molecule has 0 amide bonds. The standard InChI is InChI=1S/C14H16O6/c1-2-13(16)18-9-3-4-10-19-14(17)20-12-7-5-11(15)6-8-12/h2,5-8,15H,1,3-4,9-10H2. The van der Waals surface area contributed by atoms with Crippen LogP contribution in [0.5, 0.6) is 11.5 Å². The van der Waals surface area contributed by atoms with E-state index in [0.29, 0.717) is 12.8 Å². The molecule has 0 radical (unpaired) electrons. The van der Waals surface area contributed by atoms with Crippen molar-refractivity contribution >= 4 is 12.1 Å². The van der Waals surface area contributed by atoms with Crippen LogP contribution in [0.15, 0.2) is 36.9 Å². The molecule has 0 atom stereocenters. The lowest BCUT2D eigenvalue weighted by Crippen LogP contribution is -2.12. The molecule has 1 aromatic rings. The van der Waals surface area contributed by atoms with Crippen LogP contribution in [0.4, 0.5) is 4.79 Å². The van der Waals surface area contributed by atoms with Gasteiger partial charge in [-0.2, -0.15) is 0 Å². The van der Waals surface area contributed by atoms with E-state index in [1.54, 1.807) is 0 Å². The topological polar surface area (TPSA) is 82.1 Å². The average Bonchev–Trinajstić information content (AvgIpc) is 2.44. The number of phenols is 1. The van der Waals surface area contributed by atoms with Crippen LogP contribution in [0, 0.1) is 0 Å². The van der Waals surface area contributed by atoms with E-state index in [9.17, 15) is 9.59 Å². The molecule has 0 aromatic heterocycles.